The van der Waals surface area contributed by atoms with Gasteiger partial charge in [-0.3, -0.25) is 0 Å². The molecule has 1 heterocycles. The Labute approximate surface area is 177 Å². The van der Waals surface area contributed by atoms with Gasteiger partial charge in [0.05, 0.1) is 31.6 Å². The first-order valence-corrected chi connectivity index (χ1v) is 12.4. The van der Waals surface area contributed by atoms with Crippen LogP contribution in [0.2, 0.25) is 0 Å². The third-order valence-electron chi connectivity index (χ3n) is 7.14. The fourth-order valence-corrected chi connectivity index (χ4v) is 8.02. The summed E-state index contributed by atoms with van der Waals surface area (Å²) in [6, 6.07) is 9.75. The molecule has 0 bridgehead atoms. The smallest absolute Gasteiger partial charge is 0.248 e. The van der Waals surface area contributed by atoms with Crippen molar-refractivity contribution in [2.75, 3.05) is 19.5 Å². The van der Waals surface area contributed by atoms with Crippen molar-refractivity contribution < 1.29 is 26.7 Å². The zero-order chi connectivity index (χ0) is 21.8. The van der Waals surface area contributed by atoms with E-state index in [4.69, 9.17) is 9.47 Å². The molecule has 30 heavy (non-hydrogen) atoms. The number of ether oxygens (including phenoxy) is 2. The molecule has 8 heteroatoms. The van der Waals surface area contributed by atoms with Gasteiger partial charge in [0.25, 0.3) is 0 Å². The standard InChI is InChI=1S/C22H31F2NO4S/c1-20(2)25(30(3,26)27)21(15-29-20)11-17-12-22(23,24)10-9-18(17)19(21)14-28-13-16-7-5-4-6-8-16/h4-8,17-19H,9-15H2,1-3H3/t17-,18-,19+,21?/m1/s1. The number of rotatable bonds is 5. The highest BCUT2D eigenvalue weighted by molar-refractivity contribution is 7.88. The number of halogens is 2. The Morgan fingerprint density at radius 2 is 1.90 bits per heavy atom. The second kappa shape index (κ2) is 7.50. The van der Waals surface area contributed by atoms with Gasteiger partial charge in [0.15, 0.2) is 0 Å². The van der Waals surface area contributed by atoms with Crippen molar-refractivity contribution in [2.24, 2.45) is 17.8 Å². The molecular formula is C22H31F2NO4S. The van der Waals surface area contributed by atoms with Crippen molar-refractivity contribution in [1.29, 1.82) is 0 Å². The summed E-state index contributed by atoms with van der Waals surface area (Å²) in [6.45, 7) is 4.42. The molecule has 1 spiro atoms. The number of sulfonamides is 1. The summed E-state index contributed by atoms with van der Waals surface area (Å²) >= 11 is 0. The topological polar surface area (TPSA) is 55.8 Å². The zero-order valence-electron chi connectivity index (χ0n) is 17.8. The van der Waals surface area contributed by atoms with Crippen LogP contribution in [0.3, 0.4) is 0 Å². The maximum Gasteiger partial charge on any atom is 0.248 e. The zero-order valence-corrected chi connectivity index (χ0v) is 18.6. The van der Waals surface area contributed by atoms with Crippen LogP contribution in [0, 0.1) is 17.8 Å². The molecule has 0 amide bonds. The van der Waals surface area contributed by atoms with Gasteiger partial charge in [-0.05, 0) is 44.1 Å². The number of benzene rings is 1. The quantitative estimate of drug-likeness (QED) is 0.689. The van der Waals surface area contributed by atoms with Crippen LogP contribution in [0.5, 0.6) is 0 Å². The van der Waals surface area contributed by atoms with Crippen LogP contribution in [0.15, 0.2) is 30.3 Å². The predicted molar refractivity (Wildman–Crippen MR) is 109 cm³/mol. The summed E-state index contributed by atoms with van der Waals surface area (Å²) in [7, 11) is -3.62. The highest BCUT2D eigenvalue weighted by atomic mass is 32.2. The molecule has 3 aliphatic rings. The Morgan fingerprint density at radius 1 is 1.20 bits per heavy atom. The lowest BCUT2D eigenvalue weighted by molar-refractivity contribution is -0.0728. The van der Waals surface area contributed by atoms with E-state index in [0.717, 1.165) is 5.56 Å². The average molecular weight is 444 g/mol. The molecule has 168 valence electrons. The van der Waals surface area contributed by atoms with E-state index < -0.39 is 27.2 Å². The minimum Gasteiger partial charge on any atom is -0.376 e. The van der Waals surface area contributed by atoms with Gasteiger partial charge in [-0.2, -0.15) is 4.31 Å². The van der Waals surface area contributed by atoms with Gasteiger partial charge in [0.2, 0.25) is 15.9 Å². The lowest BCUT2D eigenvalue weighted by atomic mass is 9.75. The van der Waals surface area contributed by atoms with E-state index in [1.54, 1.807) is 13.8 Å². The van der Waals surface area contributed by atoms with Crippen molar-refractivity contribution in [2.45, 2.75) is 63.3 Å². The highest BCUT2D eigenvalue weighted by Crippen LogP contribution is 2.60. The van der Waals surface area contributed by atoms with E-state index in [2.05, 4.69) is 0 Å². The molecule has 1 aromatic rings. The minimum atomic E-state index is -3.62. The molecule has 1 aromatic carbocycles. The summed E-state index contributed by atoms with van der Waals surface area (Å²) in [4.78, 5) is 0. The van der Waals surface area contributed by atoms with Gasteiger partial charge < -0.3 is 9.47 Å². The lowest BCUT2D eigenvalue weighted by Crippen LogP contribution is -2.58. The van der Waals surface area contributed by atoms with Crippen molar-refractivity contribution in [3.63, 3.8) is 0 Å². The Bertz CT molecular complexity index is 876. The molecule has 0 N–H and O–H groups in total. The predicted octanol–water partition coefficient (Wildman–Crippen LogP) is 4.04. The van der Waals surface area contributed by atoms with Crippen LogP contribution in [0.4, 0.5) is 8.78 Å². The van der Waals surface area contributed by atoms with Crippen LogP contribution in [0.25, 0.3) is 0 Å². The van der Waals surface area contributed by atoms with Crippen LogP contribution in [0.1, 0.15) is 45.1 Å². The first kappa shape index (κ1) is 22.1. The van der Waals surface area contributed by atoms with Crippen molar-refractivity contribution in [1.82, 2.24) is 4.31 Å². The molecular weight excluding hydrogens is 412 g/mol. The number of fused-ring (bicyclic) bond motifs is 1. The molecule has 4 rings (SSSR count). The highest BCUT2D eigenvalue weighted by Gasteiger charge is 2.67. The molecule has 0 aromatic heterocycles. The van der Waals surface area contributed by atoms with E-state index >= 15 is 0 Å². The van der Waals surface area contributed by atoms with E-state index in [-0.39, 0.29) is 37.2 Å². The molecule has 1 unspecified atom stereocenters. The molecule has 4 atom stereocenters. The maximum absolute atomic E-state index is 14.2. The van der Waals surface area contributed by atoms with E-state index in [1.807, 2.05) is 30.3 Å². The molecule has 1 saturated heterocycles. The number of hydrogen-bond donors (Lipinski definition) is 0. The third-order valence-corrected chi connectivity index (χ3v) is 8.61. The van der Waals surface area contributed by atoms with Crippen LogP contribution >= 0.6 is 0 Å². The number of alkyl halides is 2. The number of nitrogens with zero attached hydrogens (tertiary/aromatic N) is 1. The summed E-state index contributed by atoms with van der Waals surface area (Å²) in [5, 5.41) is 0. The van der Waals surface area contributed by atoms with Crippen LogP contribution < -0.4 is 0 Å². The van der Waals surface area contributed by atoms with E-state index in [0.29, 0.717) is 26.1 Å². The Hall–Kier alpha value is -1.09. The SMILES string of the molecule is CC1(C)OCC2(C[C@@H]3CC(F)(F)CC[C@H]3[C@@H]2COCc2ccccc2)N1S(C)(=O)=O. The van der Waals surface area contributed by atoms with E-state index in [1.165, 1.54) is 10.6 Å². The lowest BCUT2D eigenvalue weighted by Gasteiger charge is -2.42. The van der Waals surface area contributed by atoms with Crippen molar-refractivity contribution in [3.05, 3.63) is 35.9 Å². The Balaban J connectivity index is 1.64. The molecule has 1 aliphatic heterocycles. The Kier molecular flexibility index (Phi) is 5.53. The minimum absolute atomic E-state index is 0.00199. The van der Waals surface area contributed by atoms with Crippen LogP contribution in [-0.2, 0) is 26.1 Å². The fourth-order valence-electron chi connectivity index (χ4n) is 6.25. The number of hydrogen-bond acceptors (Lipinski definition) is 4. The molecule has 2 saturated carbocycles. The fraction of sp³-hybridized carbons (Fsp3) is 0.727. The molecule has 5 nitrogen and oxygen atoms in total. The van der Waals surface area contributed by atoms with Crippen molar-refractivity contribution in [3.8, 4) is 0 Å². The Morgan fingerprint density at radius 3 is 2.57 bits per heavy atom. The molecule has 0 radical (unpaired) electrons. The monoisotopic (exact) mass is 443 g/mol. The van der Waals surface area contributed by atoms with Crippen LogP contribution in [-0.4, -0.2) is 49.4 Å². The van der Waals surface area contributed by atoms with Gasteiger partial charge in [-0.25, -0.2) is 17.2 Å². The summed E-state index contributed by atoms with van der Waals surface area (Å²) in [5.74, 6) is -3.10. The third kappa shape index (κ3) is 3.92. The summed E-state index contributed by atoms with van der Waals surface area (Å²) < 4.78 is 67.6. The maximum atomic E-state index is 14.2. The molecule has 2 aliphatic carbocycles. The largest absolute Gasteiger partial charge is 0.376 e. The second-order valence-electron chi connectivity index (χ2n) is 9.70. The van der Waals surface area contributed by atoms with Gasteiger partial charge in [0, 0.05) is 18.8 Å². The van der Waals surface area contributed by atoms with Gasteiger partial charge in [-0.15, -0.1) is 0 Å². The first-order chi connectivity index (χ1) is 13.9. The van der Waals surface area contributed by atoms with Gasteiger partial charge in [0.1, 0.15) is 5.72 Å². The first-order valence-electron chi connectivity index (χ1n) is 10.6. The average Bonchev–Trinajstić information content (AvgIpc) is 3.07. The summed E-state index contributed by atoms with van der Waals surface area (Å²) in [6.07, 6.45) is 1.62. The van der Waals surface area contributed by atoms with E-state index in [9.17, 15) is 17.2 Å². The summed E-state index contributed by atoms with van der Waals surface area (Å²) in [5.41, 5.74) is -0.829. The molecule has 3 fully saturated rings. The normalized spacial score (nSPS) is 35.6. The second-order valence-corrected chi connectivity index (χ2v) is 11.5. The van der Waals surface area contributed by atoms with Gasteiger partial charge >= 0.3 is 0 Å². The van der Waals surface area contributed by atoms with Crippen molar-refractivity contribution >= 4 is 10.0 Å². The van der Waals surface area contributed by atoms with Gasteiger partial charge in [-0.1, -0.05) is 30.3 Å².